The van der Waals surface area contributed by atoms with Gasteiger partial charge in [-0.05, 0) is 37.6 Å². The van der Waals surface area contributed by atoms with E-state index in [9.17, 15) is 0 Å². The van der Waals surface area contributed by atoms with Gasteiger partial charge in [0.05, 0.1) is 5.02 Å². The molecule has 1 aromatic heterocycles. The minimum atomic E-state index is 0.765. The highest BCUT2D eigenvalue weighted by Crippen LogP contribution is 2.12. The monoisotopic (exact) mass is 198 g/mol. The predicted molar refractivity (Wildman–Crippen MR) is 56.1 cm³/mol. The summed E-state index contributed by atoms with van der Waals surface area (Å²) in [6.45, 7) is 4.21. The molecule has 0 aliphatic carbocycles. The molecule has 0 radical (unpaired) electrons. The highest BCUT2D eigenvalue weighted by molar-refractivity contribution is 6.31. The van der Waals surface area contributed by atoms with Crippen molar-refractivity contribution in [3.63, 3.8) is 0 Å². The van der Waals surface area contributed by atoms with E-state index in [1.54, 1.807) is 12.4 Å². The van der Waals surface area contributed by atoms with Crippen LogP contribution in [-0.4, -0.2) is 18.1 Å². The van der Waals surface area contributed by atoms with Gasteiger partial charge in [0, 0.05) is 12.4 Å². The molecule has 1 rings (SSSR count). The summed E-state index contributed by atoms with van der Waals surface area (Å²) in [7, 11) is 0. The molecule has 2 nitrogen and oxygen atoms in total. The third-order valence-corrected chi connectivity index (χ3v) is 2.19. The van der Waals surface area contributed by atoms with Crippen molar-refractivity contribution < 1.29 is 0 Å². The molecule has 72 valence electrons. The SMILES string of the molecule is CCCNCCc1ccncc1Cl. The first-order chi connectivity index (χ1) is 6.34. The lowest BCUT2D eigenvalue weighted by Gasteiger charge is -2.04. The van der Waals surface area contributed by atoms with Gasteiger partial charge in [-0.2, -0.15) is 0 Å². The van der Waals surface area contributed by atoms with Crippen LogP contribution in [0.1, 0.15) is 18.9 Å². The van der Waals surface area contributed by atoms with Crippen LogP contribution in [-0.2, 0) is 6.42 Å². The Morgan fingerprint density at radius 2 is 2.31 bits per heavy atom. The molecule has 0 saturated carbocycles. The van der Waals surface area contributed by atoms with Crippen LogP contribution in [0.4, 0.5) is 0 Å². The van der Waals surface area contributed by atoms with Crippen LogP contribution in [0.15, 0.2) is 18.5 Å². The van der Waals surface area contributed by atoms with E-state index >= 15 is 0 Å². The number of halogens is 1. The molecule has 1 N–H and O–H groups in total. The minimum Gasteiger partial charge on any atom is -0.316 e. The Morgan fingerprint density at radius 1 is 1.46 bits per heavy atom. The van der Waals surface area contributed by atoms with Crippen molar-refractivity contribution in [3.8, 4) is 0 Å². The van der Waals surface area contributed by atoms with Gasteiger partial charge in [-0.15, -0.1) is 0 Å². The van der Waals surface area contributed by atoms with Gasteiger partial charge in [0.25, 0.3) is 0 Å². The van der Waals surface area contributed by atoms with Crippen LogP contribution >= 0.6 is 11.6 Å². The average molecular weight is 199 g/mol. The second-order valence-electron chi connectivity index (χ2n) is 2.97. The third kappa shape index (κ3) is 3.75. The van der Waals surface area contributed by atoms with Crippen molar-refractivity contribution in [1.29, 1.82) is 0 Å². The zero-order valence-electron chi connectivity index (χ0n) is 7.89. The number of aromatic nitrogens is 1. The molecule has 0 aliphatic rings. The van der Waals surface area contributed by atoms with E-state index in [0.29, 0.717) is 0 Å². The van der Waals surface area contributed by atoms with Crippen molar-refractivity contribution in [1.82, 2.24) is 10.3 Å². The summed E-state index contributed by atoms with van der Waals surface area (Å²) in [5.41, 5.74) is 1.17. The molecule has 13 heavy (non-hydrogen) atoms. The molecule has 0 atom stereocenters. The van der Waals surface area contributed by atoms with Gasteiger partial charge < -0.3 is 5.32 Å². The first-order valence-electron chi connectivity index (χ1n) is 4.63. The van der Waals surface area contributed by atoms with Crippen molar-refractivity contribution in [2.75, 3.05) is 13.1 Å². The molecule has 0 saturated heterocycles. The maximum Gasteiger partial charge on any atom is 0.0621 e. The number of hydrogen-bond acceptors (Lipinski definition) is 2. The fourth-order valence-corrected chi connectivity index (χ4v) is 1.35. The lowest BCUT2D eigenvalue weighted by Crippen LogP contribution is -2.17. The molecular weight excluding hydrogens is 184 g/mol. The van der Waals surface area contributed by atoms with Crippen molar-refractivity contribution >= 4 is 11.6 Å². The van der Waals surface area contributed by atoms with Crippen LogP contribution in [0.2, 0.25) is 5.02 Å². The third-order valence-electron chi connectivity index (χ3n) is 1.85. The van der Waals surface area contributed by atoms with Gasteiger partial charge in [-0.3, -0.25) is 4.98 Å². The van der Waals surface area contributed by atoms with E-state index in [4.69, 9.17) is 11.6 Å². The van der Waals surface area contributed by atoms with Crippen LogP contribution < -0.4 is 5.32 Å². The predicted octanol–water partition coefficient (Wildman–Crippen LogP) is 2.28. The molecule has 0 bridgehead atoms. The highest BCUT2D eigenvalue weighted by Gasteiger charge is 1.97. The fourth-order valence-electron chi connectivity index (χ4n) is 1.13. The summed E-state index contributed by atoms with van der Waals surface area (Å²) in [5, 5.41) is 4.10. The van der Waals surface area contributed by atoms with E-state index in [-0.39, 0.29) is 0 Å². The summed E-state index contributed by atoms with van der Waals surface area (Å²) in [6.07, 6.45) is 5.61. The Bertz CT molecular complexity index is 250. The van der Waals surface area contributed by atoms with E-state index < -0.39 is 0 Å². The number of pyridine rings is 1. The molecule has 1 heterocycles. The first kappa shape index (κ1) is 10.5. The number of nitrogens with one attached hydrogen (secondary N) is 1. The van der Waals surface area contributed by atoms with Gasteiger partial charge in [-0.25, -0.2) is 0 Å². The Balaban J connectivity index is 2.32. The highest BCUT2D eigenvalue weighted by atomic mass is 35.5. The van der Waals surface area contributed by atoms with Crippen molar-refractivity contribution in [2.45, 2.75) is 19.8 Å². The van der Waals surface area contributed by atoms with Gasteiger partial charge in [-0.1, -0.05) is 18.5 Å². The lowest BCUT2D eigenvalue weighted by molar-refractivity contribution is 0.671. The normalized spacial score (nSPS) is 10.3. The summed E-state index contributed by atoms with van der Waals surface area (Å²) < 4.78 is 0. The zero-order valence-corrected chi connectivity index (χ0v) is 8.64. The number of hydrogen-bond donors (Lipinski definition) is 1. The fraction of sp³-hybridized carbons (Fsp3) is 0.500. The van der Waals surface area contributed by atoms with E-state index in [2.05, 4.69) is 17.2 Å². The van der Waals surface area contributed by atoms with Crippen molar-refractivity contribution in [3.05, 3.63) is 29.0 Å². The van der Waals surface area contributed by atoms with Gasteiger partial charge in [0.2, 0.25) is 0 Å². The average Bonchev–Trinajstić information content (AvgIpc) is 2.15. The smallest absolute Gasteiger partial charge is 0.0621 e. The Labute approximate surface area is 84.3 Å². The number of rotatable bonds is 5. The van der Waals surface area contributed by atoms with Crippen LogP contribution in [0, 0.1) is 0 Å². The molecular formula is C10H15ClN2. The van der Waals surface area contributed by atoms with Gasteiger partial charge in [0.1, 0.15) is 0 Å². The maximum absolute atomic E-state index is 5.95. The maximum atomic E-state index is 5.95. The quantitative estimate of drug-likeness (QED) is 0.735. The van der Waals surface area contributed by atoms with E-state index in [1.807, 2.05) is 6.07 Å². The molecule has 0 unspecified atom stereocenters. The molecule has 3 heteroatoms. The van der Waals surface area contributed by atoms with Crippen molar-refractivity contribution in [2.24, 2.45) is 0 Å². The molecule has 1 aromatic rings. The first-order valence-corrected chi connectivity index (χ1v) is 5.01. The van der Waals surface area contributed by atoms with Crippen LogP contribution in [0.25, 0.3) is 0 Å². The molecule has 0 spiro atoms. The molecule has 0 amide bonds. The Morgan fingerprint density at radius 3 is 3.00 bits per heavy atom. The second-order valence-corrected chi connectivity index (χ2v) is 3.37. The van der Waals surface area contributed by atoms with E-state index in [0.717, 1.165) is 24.5 Å². The summed E-state index contributed by atoms with van der Waals surface area (Å²) in [6, 6.07) is 1.97. The number of nitrogens with zero attached hydrogens (tertiary/aromatic N) is 1. The van der Waals surface area contributed by atoms with Crippen LogP contribution in [0.3, 0.4) is 0 Å². The van der Waals surface area contributed by atoms with Crippen LogP contribution in [0.5, 0.6) is 0 Å². The summed E-state index contributed by atoms with van der Waals surface area (Å²) in [5.74, 6) is 0. The Kier molecular flexibility index (Phi) is 4.79. The summed E-state index contributed by atoms with van der Waals surface area (Å²) in [4.78, 5) is 3.94. The molecule has 0 aromatic carbocycles. The van der Waals surface area contributed by atoms with Gasteiger partial charge in [0.15, 0.2) is 0 Å². The minimum absolute atomic E-state index is 0.765. The van der Waals surface area contributed by atoms with E-state index in [1.165, 1.54) is 12.0 Å². The molecule has 0 fully saturated rings. The lowest BCUT2D eigenvalue weighted by atomic mass is 10.2. The Hall–Kier alpha value is -0.600. The van der Waals surface area contributed by atoms with Gasteiger partial charge >= 0.3 is 0 Å². The molecule has 0 aliphatic heterocycles. The second kappa shape index (κ2) is 5.95. The largest absolute Gasteiger partial charge is 0.316 e. The zero-order chi connectivity index (χ0) is 9.52. The topological polar surface area (TPSA) is 24.9 Å². The summed E-state index contributed by atoms with van der Waals surface area (Å²) >= 11 is 5.95. The standard InChI is InChI=1S/C10H15ClN2/c1-2-5-12-6-3-9-4-7-13-8-10(9)11/h4,7-8,12H,2-3,5-6H2,1H3.